The highest BCUT2D eigenvalue weighted by molar-refractivity contribution is 7.59. The van der Waals surface area contributed by atoms with E-state index in [1.165, 1.54) is 20.0 Å². The van der Waals surface area contributed by atoms with Crippen molar-refractivity contribution in [3.63, 3.8) is 0 Å². The maximum Gasteiger partial charge on any atom is 0.330 e. The van der Waals surface area contributed by atoms with Crippen molar-refractivity contribution in [2.75, 3.05) is 6.61 Å². The maximum absolute atomic E-state index is 12.0. The number of aromatic amines is 1. The molecule has 2 unspecified atom stereocenters. The van der Waals surface area contributed by atoms with Crippen LogP contribution < -0.4 is 21.0 Å². The van der Waals surface area contributed by atoms with E-state index in [0.29, 0.717) is 0 Å². The second kappa shape index (κ2) is 10.2. The number of aryl methyl sites for hydroxylation is 1. The van der Waals surface area contributed by atoms with Gasteiger partial charge in [0.1, 0.15) is 12.3 Å². The third-order valence-corrected chi connectivity index (χ3v) is 7.67. The Hall–Kier alpha value is -1.22. The first-order chi connectivity index (χ1) is 15.3. The van der Waals surface area contributed by atoms with Gasteiger partial charge in [-0.3, -0.25) is 28.0 Å². The first-order valence-corrected chi connectivity index (χ1v) is 12.8. The predicted molar refractivity (Wildman–Crippen MR) is 104 cm³/mol. The van der Waals surface area contributed by atoms with Gasteiger partial charge in [0.25, 0.3) is 21.2 Å². The molecule has 0 aromatic carbocycles. The van der Waals surface area contributed by atoms with Crippen LogP contribution in [0, 0.1) is 6.92 Å². The molecule has 0 bridgehead atoms. The summed E-state index contributed by atoms with van der Waals surface area (Å²) in [5, 5.41) is 19.7. The van der Waals surface area contributed by atoms with E-state index in [1.54, 1.807) is 0 Å². The molecule has 2 aliphatic rings. The monoisotopic (exact) mass is 514 g/mol. The molecule has 15 nitrogen and oxygen atoms in total. The van der Waals surface area contributed by atoms with Gasteiger partial charge >= 0.3 is 5.69 Å². The lowest BCUT2D eigenvalue weighted by molar-refractivity contribution is -0.266. The van der Waals surface area contributed by atoms with E-state index in [-0.39, 0.29) is 24.8 Å². The minimum atomic E-state index is -5.47. The van der Waals surface area contributed by atoms with E-state index in [2.05, 4.69) is 18.3 Å². The molecule has 3 N–H and O–H groups in total. The van der Waals surface area contributed by atoms with Crippen LogP contribution in [0.25, 0.3) is 0 Å². The summed E-state index contributed by atoms with van der Waals surface area (Å²) in [6, 6.07) is 0. The molecule has 0 aliphatic carbocycles. The number of H-pyrrole nitrogens is 1. The summed E-state index contributed by atoms with van der Waals surface area (Å²) in [6.45, 7) is 2.12. The quantitative estimate of drug-likeness (QED) is 0.332. The van der Waals surface area contributed by atoms with Gasteiger partial charge < -0.3 is 34.0 Å². The number of nitrogens with zero attached hydrogens (tertiary/aromatic N) is 1. The fourth-order valence-corrected chi connectivity index (χ4v) is 5.42. The predicted octanol–water partition coefficient (Wildman–Crippen LogP) is -1.63. The summed E-state index contributed by atoms with van der Waals surface area (Å²) in [4.78, 5) is 49.4. The molecule has 0 radical (unpaired) electrons. The Kier molecular flexibility index (Phi) is 8.14. The Morgan fingerprint density at radius 1 is 1.18 bits per heavy atom. The molecule has 17 heteroatoms. The first kappa shape index (κ1) is 26.4. The van der Waals surface area contributed by atoms with Gasteiger partial charge in [0.15, 0.2) is 6.29 Å². The Morgan fingerprint density at radius 2 is 1.88 bits per heavy atom. The topological polar surface area (TPSA) is 222 Å². The van der Waals surface area contributed by atoms with Gasteiger partial charge in [-0.1, -0.05) is 0 Å². The van der Waals surface area contributed by atoms with Gasteiger partial charge in [-0.2, -0.15) is 0 Å². The van der Waals surface area contributed by atoms with Crippen molar-refractivity contribution < 1.29 is 52.0 Å². The average molecular weight is 514 g/mol. The first-order valence-electron chi connectivity index (χ1n) is 9.92. The molecule has 2 saturated heterocycles. The number of rotatable bonds is 8. The van der Waals surface area contributed by atoms with Gasteiger partial charge in [-0.25, -0.2) is 9.11 Å². The van der Waals surface area contributed by atoms with Gasteiger partial charge in [0.05, 0.1) is 24.9 Å². The Morgan fingerprint density at radius 3 is 2.55 bits per heavy atom. The number of hydrogen-bond donors (Lipinski definition) is 3. The fraction of sp³-hybridized carbons (Fsp3) is 0.750. The number of phosphoric ester groups is 2. The molecule has 1 aromatic rings. The molecule has 2 aliphatic heterocycles. The Labute approximate surface area is 187 Å². The summed E-state index contributed by atoms with van der Waals surface area (Å²) < 4.78 is 48.6. The molecule has 188 valence electrons. The number of aliphatic hydroxyl groups is 2. The smallest absolute Gasteiger partial charge is 0.330 e. The number of hydrogen-bond acceptors (Lipinski definition) is 13. The molecule has 0 spiro atoms. The molecule has 3 rings (SSSR count). The van der Waals surface area contributed by atoms with Crippen LogP contribution in [0.4, 0.5) is 0 Å². The fourth-order valence-electron chi connectivity index (χ4n) is 3.33. The Balaban J connectivity index is 1.56. The van der Waals surface area contributed by atoms with Gasteiger partial charge in [0.2, 0.25) is 0 Å². The van der Waals surface area contributed by atoms with Crippen molar-refractivity contribution in [1.29, 1.82) is 0 Å². The van der Waals surface area contributed by atoms with Crippen molar-refractivity contribution in [2.24, 2.45) is 0 Å². The minimum absolute atomic E-state index is 0.0157. The third-order valence-electron chi connectivity index (χ3n) is 5.11. The van der Waals surface area contributed by atoms with Crippen LogP contribution in [-0.4, -0.2) is 57.1 Å². The minimum Gasteiger partial charge on any atom is -0.756 e. The molecular weight excluding hydrogens is 490 g/mol. The van der Waals surface area contributed by atoms with Crippen molar-refractivity contribution in [3.8, 4) is 0 Å². The van der Waals surface area contributed by atoms with Crippen molar-refractivity contribution >= 4 is 15.6 Å². The zero-order valence-corrected chi connectivity index (χ0v) is 19.4. The number of phosphoric acid groups is 2. The highest BCUT2D eigenvalue weighted by atomic mass is 31.3. The van der Waals surface area contributed by atoms with Gasteiger partial charge in [0, 0.05) is 24.6 Å². The zero-order chi connectivity index (χ0) is 24.6. The molecular formula is C16H24N2O13P2-2. The molecule has 0 amide bonds. The molecule has 0 saturated carbocycles. The van der Waals surface area contributed by atoms with E-state index in [9.17, 15) is 38.7 Å². The van der Waals surface area contributed by atoms with Gasteiger partial charge in [-0.15, -0.1) is 0 Å². The molecule has 2 fully saturated rings. The maximum atomic E-state index is 12.0. The third kappa shape index (κ3) is 6.90. The average Bonchev–Trinajstić information content (AvgIpc) is 3.05. The van der Waals surface area contributed by atoms with Crippen LogP contribution in [0.3, 0.4) is 0 Å². The lowest BCUT2D eigenvalue weighted by Gasteiger charge is -2.36. The number of aromatic nitrogens is 2. The number of ether oxygens (including phenoxy) is 2. The van der Waals surface area contributed by atoms with E-state index in [0.717, 1.165) is 4.57 Å². The second-order valence-corrected chi connectivity index (χ2v) is 10.6. The lowest BCUT2D eigenvalue weighted by Crippen LogP contribution is -2.38. The number of nitrogens with one attached hydrogen (secondary N) is 1. The van der Waals surface area contributed by atoms with Crippen molar-refractivity contribution in [3.05, 3.63) is 32.6 Å². The lowest BCUT2D eigenvalue weighted by atomic mass is 10.1. The summed E-state index contributed by atoms with van der Waals surface area (Å²) >= 11 is 0. The highest BCUT2D eigenvalue weighted by Crippen LogP contribution is 2.56. The van der Waals surface area contributed by atoms with Crippen LogP contribution in [-0.2, 0) is 32.0 Å². The molecule has 33 heavy (non-hydrogen) atoms. The van der Waals surface area contributed by atoms with E-state index < -0.39 is 70.4 Å². The van der Waals surface area contributed by atoms with Crippen molar-refractivity contribution in [2.45, 2.75) is 70.0 Å². The summed E-state index contributed by atoms with van der Waals surface area (Å²) in [7, 11) is -10.9. The second-order valence-electron chi connectivity index (χ2n) is 7.70. The molecule has 8 atom stereocenters. The van der Waals surface area contributed by atoms with E-state index >= 15 is 0 Å². The molecule has 1 aromatic heterocycles. The summed E-state index contributed by atoms with van der Waals surface area (Å²) in [5.41, 5.74) is -1.17. The van der Waals surface area contributed by atoms with Crippen molar-refractivity contribution in [1.82, 2.24) is 9.55 Å². The Bertz CT molecular complexity index is 1060. The van der Waals surface area contributed by atoms with Crippen LogP contribution in [0.2, 0.25) is 0 Å². The van der Waals surface area contributed by atoms with Gasteiger partial charge in [-0.05, 0) is 20.3 Å². The summed E-state index contributed by atoms with van der Waals surface area (Å²) in [6.07, 6.45) is -5.19. The van der Waals surface area contributed by atoms with Crippen LogP contribution in [0.1, 0.15) is 38.0 Å². The molecule has 3 heterocycles. The number of aliphatic hydroxyl groups excluding tert-OH is 2. The normalized spacial score (nSPS) is 34.0. The van der Waals surface area contributed by atoms with E-state index in [1.807, 2.05) is 0 Å². The standard InChI is InChI=1S/C16H26N2O13P2/c1-8-6-18(16(22)17-15(8)21)13-5-11(20)12(29-13)7-27-32(23,24)31-33(25,26)30-14-4-3-10(19)9(2)28-14/h6,9-14,19-20H,3-5,7H2,1-2H3,(H,23,24)(H,25,26)(H,17,21,22)/p-2/t9-,10-,11-,12+,13+,14+/m0/s1. The summed E-state index contributed by atoms with van der Waals surface area (Å²) in [5.74, 6) is 0. The van der Waals surface area contributed by atoms with Crippen LogP contribution in [0.5, 0.6) is 0 Å². The van der Waals surface area contributed by atoms with Crippen LogP contribution >= 0.6 is 15.6 Å². The SMILES string of the molecule is Cc1cn([C@H]2C[C@H](O)[C@@H](COP(=O)([O-])OP(=O)([O-])O[C@@H]3CC[C@H](O)[C@H](C)O3)O2)c(=O)[nH]c1=O. The largest absolute Gasteiger partial charge is 0.756 e. The zero-order valence-electron chi connectivity index (χ0n) is 17.6. The van der Waals surface area contributed by atoms with Crippen LogP contribution in [0.15, 0.2) is 15.8 Å². The highest BCUT2D eigenvalue weighted by Gasteiger charge is 2.37. The van der Waals surface area contributed by atoms with E-state index in [4.69, 9.17) is 9.47 Å².